The van der Waals surface area contributed by atoms with Crippen LogP contribution in [0.4, 0.5) is 0 Å². The molecule has 1 atom stereocenters. The van der Waals surface area contributed by atoms with Gasteiger partial charge in [0, 0.05) is 24.2 Å². The average molecular weight is 239 g/mol. The lowest BCUT2D eigenvalue weighted by atomic mass is 9.85. The normalized spacial score (nSPS) is 25.9. The Bertz CT molecular complexity index is 558. The fourth-order valence-electron chi connectivity index (χ4n) is 3.86. The summed E-state index contributed by atoms with van der Waals surface area (Å²) in [5.41, 5.74) is 5.51. The molecule has 2 nitrogen and oxygen atoms in total. The number of hydrogen-bond acceptors (Lipinski definition) is 2. The Morgan fingerprint density at radius 3 is 2.89 bits per heavy atom. The van der Waals surface area contributed by atoms with Gasteiger partial charge in [-0.05, 0) is 36.8 Å². The number of carbonyl (C=O) groups excluding carboxylic acids is 1. The van der Waals surface area contributed by atoms with Crippen LogP contribution in [0.2, 0.25) is 0 Å². The fraction of sp³-hybridized carbons (Fsp3) is 0.438. The van der Waals surface area contributed by atoms with Crippen molar-refractivity contribution in [1.82, 2.24) is 4.90 Å². The van der Waals surface area contributed by atoms with E-state index in [1.54, 1.807) is 0 Å². The minimum absolute atomic E-state index is 0.405. The Morgan fingerprint density at radius 2 is 1.94 bits per heavy atom. The lowest BCUT2D eigenvalue weighted by molar-refractivity contribution is -0.115. The molecule has 0 N–H and O–H groups in total. The molecule has 1 aromatic carbocycles. The van der Waals surface area contributed by atoms with E-state index in [9.17, 15) is 4.79 Å². The first-order valence-corrected chi connectivity index (χ1v) is 6.94. The summed E-state index contributed by atoms with van der Waals surface area (Å²) >= 11 is 0. The summed E-state index contributed by atoms with van der Waals surface area (Å²) in [6.45, 7) is 1.09. The van der Waals surface area contributed by atoms with Crippen molar-refractivity contribution in [1.29, 1.82) is 0 Å². The minimum Gasteiger partial charge on any atom is -0.367 e. The Labute approximate surface area is 107 Å². The van der Waals surface area contributed by atoms with Crippen molar-refractivity contribution in [3.05, 3.63) is 46.7 Å². The molecule has 0 fully saturated rings. The number of hydrogen-bond donors (Lipinski definition) is 0. The number of allylic oxidation sites excluding steroid dienone is 2. The second kappa shape index (κ2) is 3.71. The molecule has 0 bridgehead atoms. The summed E-state index contributed by atoms with van der Waals surface area (Å²) in [6, 6.07) is 9.34. The average Bonchev–Trinajstić information content (AvgIpc) is 2.80. The number of nitrogens with zero attached hydrogens (tertiary/aromatic N) is 1. The second-order valence-electron chi connectivity index (χ2n) is 5.55. The first-order chi connectivity index (χ1) is 8.84. The van der Waals surface area contributed by atoms with Crippen molar-refractivity contribution < 1.29 is 4.79 Å². The van der Waals surface area contributed by atoms with E-state index >= 15 is 0 Å². The van der Waals surface area contributed by atoms with Crippen molar-refractivity contribution in [3.8, 4) is 0 Å². The molecule has 2 aliphatic heterocycles. The molecular formula is C16H17NO. The maximum Gasteiger partial charge on any atom is 0.160 e. The lowest BCUT2D eigenvalue weighted by Gasteiger charge is -2.43. The summed E-state index contributed by atoms with van der Waals surface area (Å²) in [4.78, 5) is 14.4. The Kier molecular flexibility index (Phi) is 2.14. The third-order valence-corrected chi connectivity index (χ3v) is 4.70. The topological polar surface area (TPSA) is 20.3 Å². The molecule has 1 aromatic rings. The molecule has 4 rings (SSSR count). The second-order valence-corrected chi connectivity index (χ2v) is 5.55. The van der Waals surface area contributed by atoms with E-state index in [4.69, 9.17) is 0 Å². The number of benzene rings is 1. The minimum atomic E-state index is 0.405. The van der Waals surface area contributed by atoms with Crippen LogP contribution in [0.5, 0.6) is 0 Å². The predicted octanol–water partition coefficient (Wildman–Crippen LogP) is 3.00. The van der Waals surface area contributed by atoms with Crippen LogP contribution in [-0.2, 0) is 11.2 Å². The number of rotatable bonds is 0. The zero-order valence-electron chi connectivity index (χ0n) is 10.5. The van der Waals surface area contributed by atoms with Gasteiger partial charge in [-0.25, -0.2) is 0 Å². The smallest absolute Gasteiger partial charge is 0.160 e. The standard InChI is InChI=1S/C16H17NO/c18-16-8-7-15-13(16)5-6-14-12-4-2-1-3-11(12)9-10-17(14)15/h1-4,14H,5-10H2. The number of Topliss-reactive ketones (excluding diaryl/α,β-unsaturated/α-hetero) is 1. The van der Waals surface area contributed by atoms with Gasteiger partial charge in [0.2, 0.25) is 0 Å². The number of carbonyl (C=O) groups is 1. The predicted molar refractivity (Wildman–Crippen MR) is 70.1 cm³/mol. The van der Waals surface area contributed by atoms with Crippen LogP contribution >= 0.6 is 0 Å². The van der Waals surface area contributed by atoms with Crippen LogP contribution < -0.4 is 0 Å². The number of fused-ring (bicyclic) bond motifs is 4. The monoisotopic (exact) mass is 239 g/mol. The summed E-state index contributed by atoms with van der Waals surface area (Å²) in [6.07, 6.45) is 4.95. The molecule has 0 radical (unpaired) electrons. The highest BCUT2D eigenvalue weighted by Crippen LogP contribution is 2.44. The zero-order chi connectivity index (χ0) is 12.1. The fourth-order valence-corrected chi connectivity index (χ4v) is 3.86. The molecule has 3 aliphatic rings. The lowest BCUT2D eigenvalue weighted by Crippen LogP contribution is -2.37. The van der Waals surface area contributed by atoms with Crippen LogP contribution in [0.1, 0.15) is 42.9 Å². The van der Waals surface area contributed by atoms with Crippen LogP contribution in [-0.4, -0.2) is 17.2 Å². The first-order valence-electron chi connectivity index (χ1n) is 6.94. The van der Waals surface area contributed by atoms with Crippen molar-refractivity contribution in [2.24, 2.45) is 0 Å². The highest BCUT2D eigenvalue weighted by Gasteiger charge is 2.37. The van der Waals surface area contributed by atoms with E-state index in [-0.39, 0.29) is 0 Å². The van der Waals surface area contributed by atoms with E-state index in [0.29, 0.717) is 11.8 Å². The Morgan fingerprint density at radius 1 is 1.06 bits per heavy atom. The highest BCUT2D eigenvalue weighted by molar-refractivity contribution is 5.98. The molecule has 92 valence electrons. The third kappa shape index (κ3) is 1.32. The molecule has 0 amide bonds. The van der Waals surface area contributed by atoms with Crippen molar-refractivity contribution in [2.75, 3.05) is 6.54 Å². The van der Waals surface area contributed by atoms with Gasteiger partial charge in [0.1, 0.15) is 0 Å². The quantitative estimate of drug-likeness (QED) is 0.693. The van der Waals surface area contributed by atoms with Gasteiger partial charge in [-0.15, -0.1) is 0 Å². The van der Waals surface area contributed by atoms with Crippen molar-refractivity contribution >= 4 is 5.78 Å². The Hall–Kier alpha value is -1.57. The van der Waals surface area contributed by atoms with E-state index in [2.05, 4.69) is 29.2 Å². The zero-order valence-corrected chi connectivity index (χ0v) is 10.5. The molecule has 0 saturated carbocycles. The van der Waals surface area contributed by atoms with Gasteiger partial charge in [-0.2, -0.15) is 0 Å². The third-order valence-electron chi connectivity index (χ3n) is 4.70. The van der Waals surface area contributed by atoms with Crippen molar-refractivity contribution in [3.63, 3.8) is 0 Å². The SMILES string of the molecule is O=C1CCC2=C1CCC1c3ccccc3CCN21. The van der Waals surface area contributed by atoms with Gasteiger partial charge in [0.15, 0.2) is 5.78 Å². The van der Waals surface area contributed by atoms with Crippen LogP contribution in [0.15, 0.2) is 35.5 Å². The maximum atomic E-state index is 11.8. The van der Waals surface area contributed by atoms with Gasteiger partial charge in [-0.1, -0.05) is 24.3 Å². The molecule has 1 unspecified atom stereocenters. The molecule has 0 saturated heterocycles. The van der Waals surface area contributed by atoms with Crippen LogP contribution in [0.25, 0.3) is 0 Å². The van der Waals surface area contributed by atoms with E-state index < -0.39 is 0 Å². The number of ketones is 1. The summed E-state index contributed by atoms with van der Waals surface area (Å²) < 4.78 is 0. The molecule has 0 aromatic heterocycles. The van der Waals surface area contributed by atoms with Gasteiger partial charge in [-0.3, -0.25) is 4.79 Å². The summed E-state index contributed by atoms with van der Waals surface area (Å²) in [5, 5.41) is 0. The summed E-state index contributed by atoms with van der Waals surface area (Å²) in [5.74, 6) is 0.405. The molecule has 0 spiro atoms. The van der Waals surface area contributed by atoms with Gasteiger partial charge in [0.05, 0.1) is 6.04 Å². The van der Waals surface area contributed by atoms with Crippen LogP contribution in [0.3, 0.4) is 0 Å². The van der Waals surface area contributed by atoms with Gasteiger partial charge >= 0.3 is 0 Å². The highest BCUT2D eigenvalue weighted by atomic mass is 16.1. The molecule has 1 aliphatic carbocycles. The Balaban J connectivity index is 1.79. The largest absolute Gasteiger partial charge is 0.367 e. The van der Waals surface area contributed by atoms with Gasteiger partial charge in [0.25, 0.3) is 0 Å². The molecule has 2 heteroatoms. The molecule has 18 heavy (non-hydrogen) atoms. The van der Waals surface area contributed by atoms with E-state index in [0.717, 1.165) is 44.2 Å². The van der Waals surface area contributed by atoms with Gasteiger partial charge < -0.3 is 4.90 Å². The molecule has 2 heterocycles. The molecular weight excluding hydrogens is 222 g/mol. The first kappa shape index (κ1) is 10.4. The van der Waals surface area contributed by atoms with E-state index in [1.165, 1.54) is 16.8 Å². The van der Waals surface area contributed by atoms with E-state index in [1.807, 2.05) is 0 Å². The van der Waals surface area contributed by atoms with Crippen molar-refractivity contribution in [2.45, 2.75) is 38.1 Å². The summed E-state index contributed by atoms with van der Waals surface area (Å²) in [7, 11) is 0. The maximum absolute atomic E-state index is 11.8. The van der Waals surface area contributed by atoms with Crippen LogP contribution in [0, 0.1) is 0 Å².